The first-order valence-electron chi connectivity index (χ1n) is 8.71. The molecule has 1 aliphatic carbocycles. The predicted octanol–water partition coefficient (Wildman–Crippen LogP) is 2.96. The molecule has 1 aromatic carbocycles. The SMILES string of the molecule is COc1cc2c(cc1CN(CCO)Cc1cccnc1)CCCC2. The van der Waals surface area contributed by atoms with Crippen LogP contribution in [-0.2, 0) is 25.9 Å². The van der Waals surface area contributed by atoms with Crippen LogP contribution in [0.15, 0.2) is 36.7 Å². The zero-order valence-electron chi connectivity index (χ0n) is 14.4. The summed E-state index contributed by atoms with van der Waals surface area (Å²) in [7, 11) is 1.74. The number of aliphatic hydroxyl groups excluding tert-OH is 1. The highest BCUT2D eigenvalue weighted by Gasteiger charge is 2.16. The summed E-state index contributed by atoms with van der Waals surface area (Å²) < 4.78 is 5.64. The Balaban J connectivity index is 1.80. The van der Waals surface area contributed by atoms with Crippen LogP contribution in [-0.4, -0.2) is 35.3 Å². The third kappa shape index (κ3) is 4.13. The molecule has 4 heteroatoms. The second-order valence-electron chi connectivity index (χ2n) is 6.44. The first-order chi connectivity index (χ1) is 11.8. The lowest BCUT2D eigenvalue weighted by Crippen LogP contribution is -2.26. The van der Waals surface area contributed by atoms with Gasteiger partial charge in [0.2, 0.25) is 0 Å². The van der Waals surface area contributed by atoms with E-state index in [2.05, 4.69) is 28.1 Å². The number of fused-ring (bicyclic) bond motifs is 1. The van der Waals surface area contributed by atoms with E-state index in [0.29, 0.717) is 6.54 Å². The Hall–Kier alpha value is -1.91. The maximum absolute atomic E-state index is 9.42. The normalized spacial score (nSPS) is 13.8. The monoisotopic (exact) mass is 326 g/mol. The fourth-order valence-corrected chi connectivity index (χ4v) is 3.47. The third-order valence-corrected chi connectivity index (χ3v) is 4.68. The second-order valence-corrected chi connectivity index (χ2v) is 6.44. The number of pyridine rings is 1. The number of nitrogens with zero attached hydrogens (tertiary/aromatic N) is 2. The van der Waals surface area contributed by atoms with E-state index < -0.39 is 0 Å². The minimum absolute atomic E-state index is 0.146. The highest BCUT2D eigenvalue weighted by molar-refractivity contribution is 5.44. The van der Waals surface area contributed by atoms with Crippen molar-refractivity contribution in [2.45, 2.75) is 38.8 Å². The van der Waals surface area contributed by atoms with Gasteiger partial charge < -0.3 is 9.84 Å². The number of rotatable bonds is 7. The molecule has 0 saturated carbocycles. The Kier molecular flexibility index (Phi) is 5.83. The zero-order valence-corrected chi connectivity index (χ0v) is 14.4. The molecule has 2 aromatic rings. The molecule has 0 unspecified atom stereocenters. The highest BCUT2D eigenvalue weighted by atomic mass is 16.5. The van der Waals surface area contributed by atoms with Crippen molar-refractivity contribution >= 4 is 0 Å². The molecule has 128 valence electrons. The summed E-state index contributed by atoms with van der Waals surface area (Å²) in [6.07, 6.45) is 8.53. The summed E-state index contributed by atoms with van der Waals surface area (Å²) in [5, 5.41) is 9.42. The van der Waals surface area contributed by atoms with E-state index in [0.717, 1.165) is 37.2 Å². The van der Waals surface area contributed by atoms with Gasteiger partial charge in [-0.1, -0.05) is 12.1 Å². The van der Waals surface area contributed by atoms with Gasteiger partial charge in [-0.2, -0.15) is 0 Å². The summed E-state index contributed by atoms with van der Waals surface area (Å²) >= 11 is 0. The van der Waals surface area contributed by atoms with Crippen LogP contribution in [0.3, 0.4) is 0 Å². The van der Waals surface area contributed by atoms with Crippen LogP contribution in [0.4, 0.5) is 0 Å². The van der Waals surface area contributed by atoms with E-state index in [1.54, 1.807) is 13.3 Å². The number of benzene rings is 1. The summed E-state index contributed by atoms with van der Waals surface area (Å²) in [6.45, 7) is 2.32. The molecule has 1 N–H and O–H groups in total. The van der Waals surface area contributed by atoms with Crippen LogP contribution >= 0.6 is 0 Å². The predicted molar refractivity (Wildman–Crippen MR) is 95.1 cm³/mol. The van der Waals surface area contributed by atoms with Gasteiger partial charge in [0.1, 0.15) is 5.75 Å². The van der Waals surface area contributed by atoms with Gasteiger partial charge >= 0.3 is 0 Å². The van der Waals surface area contributed by atoms with E-state index in [1.165, 1.54) is 29.5 Å². The van der Waals surface area contributed by atoms with Gasteiger partial charge in [-0.25, -0.2) is 0 Å². The molecule has 0 aliphatic heterocycles. The number of methoxy groups -OCH3 is 1. The van der Waals surface area contributed by atoms with Gasteiger partial charge in [0.05, 0.1) is 13.7 Å². The lowest BCUT2D eigenvalue weighted by atomic mass is 9.90. The molecule has 1 aromatic heterocycles. The van der Waals surface area contributed by atoms with Crippen molar-refractivity contribution in [2.75, 3.05) is 20.3 Å². The minimum Gasteiger partial charge on any atom is -0.496 e. The Morgan fingerprint density at radius 1 is 1.17 bits per heavy atom. The molecule has 3 rings (SSSR count). The maximum atomic E-state index is 9.42. The number of hydrogen-bond donors (Lipinski definition) is 1. The van der Waals surface area contributed by atoms with E-state index in [1.807, 2.05) is 12.3 Å². The standard InChI is InChI=1S/C20H26N2O2/c1-24-20-12-18-7-3-2-6-17(18)11-19(20)15-22(9-10-23)14-16-5-4-8-21-13-16/h4-5,8,11-13,23H,2-3,6-7,9-10,14-15H2,1H3. The molecule has 4 nitrogen and oxygen atoms in total. The molecule has 24 heavy (non-hydrogen) atoms. The van der Waals surface area contributed by atoms with Gasteiger partial charge in [-0.15, -0.1) is 0 Å². The van der Waals surface area contributed by atoms with Crippen LogP contribution in [0.1, 0.15) is 35.1 Å². The number of aryl methyl sites for hydroxylation is 2. The quantitative estimate of drug-likeness (QED) is 0.850. The fraction of sp³-hybridized carbons (Fsp3) is 0.450. The summed E-state index contributed by atoms with van der Waals surface area (Å²) in [5.41, 5.74) is 5.25. The van der Waals surface area contributed by atoms with Crippen LogP contribution < -0.4 is 4.74 Å². The van der Waals surface area contributed by atoms with Crippen LogP contribution in [0.25, 0.3) is 0 Å². The Bertz CT molecular complexity index is 658. The average Bonchev–Trinajstić information content (AvgIpc) is 2.62. The molecule has 0 saturated heterocycles. The summed E-state index contributed by atoms with van der Waals surface area (Å²) in [4.78, 5) is 6.42. The number of aromatic nitrogens is 1. The van der Waals surface area contributed by atoms with E-state index in [4.69, 9.17) is 4.74 Å². The van der Waals surface area contributed by atoms with E-state index in [-0.39, 0.29) is 6.61 Å². The lowest BCUT2D eigenvalue weighted by molar-refractivity contribution is 0.182. The van der Waals surface area contributed by atoms with Gasteiger partial charge in [-0.3, -0.25) is 9.88 Å². The van der Waals surface area contributed by atoms with Crippen molar-refractivity contribution in [1.82, 2.24) is 9.88 Å². The highest BCUT2D eigenvalue weighted by Crippen LogP contribution is 2.30. The lowest BCUT2D eigenvalue weighted by Gasteiger charge is -2.25. The molecular weight excluding hydrogens is 300 g/mol. The molecule has 0 bridgehead atoms. The molecular formula is C20H26N2O2. The van der Waals surface area contributed by atoms with Crippen molar-refractivity contribution in [2.24, 2.45) is 0 Å². The van der Waals surface area contributed by atoms with Crippen molar-refractivity contribution in [3.8, 4) is 5.75 Å². The first kappa shape index (κ1) is 16.9. The third-order valence-electron chi connectivity index (χ3n) is 4.68. The largest absolute Gasteiger partial charge is 0.496 e. The number of hydrogen-bond acceptors (Lipinski definition) is 4. The van der Waals surface area contributed by atoms with Crippen molar-refractivity contribution in [3.63, 3.8) is 0 Å². The average molecular weight is 326 g/mol. The van der Waals surface area contributed by atoms with Crippen molar-refractivity contribution in [3.05, 3.63) is 58.9 Å². The smallest absolute Gasteiger partial charge is 0.123 e. The van der Waals surface area contributed by atoms with E-state index in [9.17, 15) is 5.11 Å². The fourth-order valence-electron chi connectivity index (χ4n) is 3.47. The summed E-state index contributed by atoms with van der Waals surface area (Å²) in [6, 6.07) is 8.54. The first-order valence-corrected chi connectivity index (χ1v) is 8.71. The van der Waals surface area contributed by atoms with Crippen LogP contribution in [0, 0.1) is 0 Å². The Labute approximate surface area is 144 Å². The van der Waals surface area contributed by atoms with Gasteiger partial charge in [-0.05, 0) is 54.5 Å². The molecule has 0 spiro atoms. The molecule has 0 amide bonds. The summed E-state index contributed by atoms with van der Waals surface area (Å²) in [5.74, 6) is 0.963. The van der Waals surface area contributed by atoms with Crippen LogP contribution in [0.5, 0.6) is 5.75 Å². The van der Waals surface area contributed by atoms with Gasteiger partial charge in [0, 0.05) is 37.6 Å². The minimum atomic E-state index is 0.146. The van der Waals surface area contributed by atoms with Crippen molar-refractivity contribution < 1.29 is 9.84 Å². The molecule has 1 aliphatic rings. The molecule has 1 heterocycles. The molecule has 0 fully saturated rings. The number of ether oxygens (including phenoxy) is 1. The van der Waals surface area contributed by atoms with Gasteiger partial charge in [0.25, 0.3) is 0 Å². The Morgan fingerprint density at radius 2 is 1.96 bits per heavy atom. The second kappa shape index (κ2) is 8.27. The topological polar surface area (TPSA) is 45.6 Å². The Morgan fingerprint density at radius 3 is 2.62 bits per heavy atom. The molecule has 0 atom stereocenters. The van der Waals surface area contributed by atoms with E-state index >= 15 is 0 Å². The van der Waals surface area contributed by atoms with Gasteiger partial charge in [0.15, 0.2) is 0 Å². The van der Waals surface area contributed by atoms with Crippen molar-refractivity contribution in [1.29, 1.82) is 0 Å². The van der Waals surface area contributed by atoms with Crippen LogP contribution in [0.2, 0.25) is 0 Å². The number of aliphatic hydroxyl groups is 1. The maximum Gasteiger partial charge on any atom is 0.123 e. The zero-order chi connectivity index (χ0) is 16.8. The molecule has 0 radical (unpaired) electrons.